The minimum atomic E-state index is -0.549. The van der Waals surface area contributed by atoms with Crippen molar-refractivity contribution in [3.05, 3.63) is 23.8 Å². The maximum atomic E-state index is 12.3. The van der Waals surface area contributed by atoms with E-state index in [0.717, 1.165) is 28.6 Å². The van der Waals surface area contributed by atoms with Gasteiger partial charge >= 0.3 is 0 Å². The molecule has 1 saturated heterocycles. The van der Waals surface area contributed by atoms with Gasteiger partial charge in [0.1, 0.15) is 0 Å². The van der Waals surface area contributed by atoms with Gasteiger partial charge in [-0.2, -0.15) is 0 Å². The van der Waals surface area contributed by atoms with Gasteiger partial charge in [-0.1, -0.05) is 0 Å². The maximum Gasteiger partial charge on any atom is 0.242 e. The molecule has 1 aromatic carbocycles. The van der Waals surface area contributed by atoms with Crippen LogP contribution in [0.15, 0.2) is 18.2 Å². The van der Waals surface area contributed by atoms with Gasteiger partial charge in [0.15, 0.2) is 0 Å². The number of likely N-dealkylation sites (N-methyl/N-ethyl adjacent to an activating group) is 1. The van der Waals surface area contributed by atoms with Gasteiger partial charge in [-0.25, -0.2) is 0 Å². The molecular formula is C15H19N3O2S. The lowest BCUT2D eigenvalue weighted by Gasteiger charge is -2.17. The molecule has 6 heteroatoms. The lowest BCUT2D eigenvalue weighted by atomic mass is 9.86. The van der Waals surface area contributed by atoms with Gasteiger partial charge in [0.05, 0.1) is 11.5 Å². The van der Waals surface area contributed by atoms with Crippen LogP contribution < -0.4 is 15.5 Å². The SMILES string of the molecule is CN1C(=O)C(C)(C)c2cc(NC(=O)C3CSCN3)ccc21. The first-order valence-corrected chi connectivity index (χ1v) is 8.11. The van der Waals surface area contributed by atoms with Crippen molar-refractivity contribution in [3.8, 4) is 0 Å². The highest BCUT2D eigenvalue weighted by Crippen LogP contribution is 2.41. The standard InChI is InChI=1S/C15H19N3O2S/c1-15(2)10-6-9(4-5-12(10)18(3)14(15)20)17-13(19)11-7-21-8-16-11/h4-6,11,16H,7-8H2,1-3H3,(H,17,19). The highest BCUT2D eigenvalue weighted by atomic mass is 32.2. The van der Waals surface area contributed by atoms with Gasteiger partial charge in [-0.3, -0.25) is 14.9 Å². The van der Waals surface area contributed by atoms with Crippen molar-refractivity contribution in [2.24, 2.45) is 0 Å². The largest absolute Gasteiger partial charge is 0.325 e. The van der Waals surface area contributed by atoms with E-state index in [9.17, 15) is 9.59 Å². The molecule has 0 radical (unpaired) electrons. The Labute approximate surface area is 128 Å². The molecule has 1 atom stereocenters. The van der Waals surface area contributed by atoms with Gasteiger partial charge in [0, 0.05) is 30.1 Å². The summed E-state index contributed by atoms with van der Waals surface area (Å²) in [6.07, 6.45) is 0. The van der Waals surface area contributed by atoms with Crippen molar-refractivity contribution in [1.29, 1.82) is 0 Å². The fourth-order valence-electron chi connectivity index (χ4n) is 2.84. The van der Waals surface area contributed by atoms with Crippen LogP contribution in [-0.2, 0) is 15.0 Å². The smallest absolute Gasteiger partial charge is 0.242 e. The molecule has 1 unspecified atom stereocenters. The molecule has 1 fully saturated rings. The molecule has 0 bridgehead atoms. The number of rotatable bonds is 2. The Bertz CT molecular complexity index is 609. The summed E-state index contributed by atoms with van der Waals surface area (Å²) in [5, 5.41) is 6.08. The van der Waals surface area contributed by atoms with E-state index in [0.29, 0.717) is 0 Å². The van der Waals surface area contributed by atoms with E-state index in [1.165, 1.54) is 0 Å². The molecule has 0 saturated carbocycles. The summed E-state index contributed by atoms with van der Waals surface area (Å²) in [4.78, 5) is 26.1. The van der Waals surface area contributed by atoms with E-state index in [-0.39, 0.29) is 17.9 Å². The number of hydrogen-bond donors (Lipinski definition) is 2. The number of nitrogens with zero attached hydrogens (tertiary/aromatic N) is 1. The molecule has 112 valence electrons. The summed E-state index contributed by atoms with van der Waals surface area (Å²) in [5.41, 5.74) is 2.07. The molecule has 2 amide bonds. The topological polar surface area (TPSA) is 61.4 Å². The monoisotopic (exact) mass is 305 g/mol. The lowest BCUT2D eigenvalue weighted by molar-refractivity contribution is -0.121. The third-order valence-electron chi connectivity index (χ3n) is 4.17. The van der Waals surface area contributed by atoms with Crippen molar-refractivity contribution in [3.63, 3.8) is 0 Å². The molecule has 0 aliphatic carbocycles. The van der Waals surface area contributed by atoms with Crippen LogP contribution in [0.1, 0.15) is 19.4 Å². The number of amides is 2. The van der Waals surface area contributed by atoms with Gasteiger partial charge in [-0.05, 0) is 37.6 Å². The van der Waals surface area contributed by atoms with Crippen LogP contribution in [0.3, 0.4) is 0 Å². The average Bonchev–Trinajstić information content (AvgIpc) is 3.04. The van der Waals surface area contributed by atoms with Crippen LogP contribution in [0.25, 0.3) is 0 Å². The van der Waals surface area contributed by atoms with E-state index in [2.05, 4.69) is 10.6 Å². The van der Waals surface area contributed by atoms with Crippen molar-refractivity contribution in [2.45, 2.75) is 25.3 Å². The van der Waals surface area contributed by atoms with Crippen molar-refractivity contribution >= 4 is 35.0 Å². The highest BCUT2D eigenvalue weighted by molar-refractivity contribution is 7.99. The third kappa shape index (κ3) is 2.32. The van der Waals surface area contributed by atoms with Crippen molar-refractivity contribution in [1.82, 2.24) is 5.32 Å². The molecule has 1 aromatic rings. The van der Waals surface area contributed by atoms with Gasteiger partial charge in [0.25, 0.3) is 0 Å². The Kier molecular flexibility index (Phi) is 3.45. The number of fused-ring (bicyclic) bond motifs is 1. The zero-order valence-electron chi connectivity index (χ0n) is 12.4. The second-order valence-corrected chi connectivity index (χ2v) is 7.01. The molecule has 21 heavy (non-hydrogen) atoms. The fourth-order valence-corrected chi connectivity index (χ4v) is 3.79. The highest BCUT2D eigenvalue weighted by Gasteiger charge is 2.42. The summed E-state index contributed by atoms with van der Waals surface area (Å²) in [6, 6.07) is 5.52. The van der Waals surface area contributed by atoms with Crippen LogP contribution in [0.2, 0.25) is 0 Å². The average molecular weight is 305 g/mol. The number of hydrogen-bond acceptors (Lipinski definition) is 4. The Morgan fingerprint density at radius 3 is 2.90 bits per heavy atom. The minimum absolute atomic E-state index is 0.0181. The van der Waals surface area contributed by atoms with E-state index < -0.39 is 5.41 Å². The minimum Gasteiger partial charge on any atom is -0.325 e. The Balaban J connectivity index is 1.85. The van der Waals surface area contributed by atoms with Crippen molar-refractivity contribution < 1.29 is 9.59 Å². The van der Waals surface area contributed by atoms with Crippen LogP contribution in [0.4, 0.5) is 11.4 Å². The molecule has 3 rings (SSSR count). The molecule has 5 nitrogen and oxygen atoms in total. The van der Waals surface area contributed by atoms with Crippen LogP contribution in [-0.4, -0.2) is 36.5 Å². The first kappa shape index (κ1) is 14.4. The molecule has 0 aromatic heterocycles. The maximum absolute atomic E-state index is 12.3. The number of benzene rings is 1. The number of nitrogens with one attached hydrogen (secondary N) is 2. The van der Waals surface area contributed by atoms with E-state index in [1.807, 2.05) is 32.0 Å². The number of carbonyl (C=O) groups is 2. The van der Waals surface area contributed by atoms with Crippen LogP contribution in [0, 0.1) is 0 Å². The molecule has 0 spiro atoms. The van der Waals surface area contributed by atoms with Crippen LogP contribution in [0.5, 0.6) is 0 Å². The first-order valence-electron chi connectivity index (χ1n) is 6.96. The molecular weight excluding hydrogens is 286 g/mol. The molecule has 2 N–H and O–H groups in total. The van der Waals surface area contributed by atoms with E-state index >= 15 is 0 Å². The second-order valence-electron chi connectivity index (χ2n) is 5.98. The van der Waals surface area contributed by atoms with Crippen LogP contribution >= 0.6 is 11.8 Å². The predicted molar refractivity (Wildman–Crippen MR) is 85.8 cm³/mol. The van der Waals surface area contributed by atoms with Crippen molar-refractivity contribution in [2.75, 3.05) is 28.9 Å². The molecule has 2 heterocycles. The summed E-state index contributed by atoms with van der Waals surface area (Å²) < 4.78 is 0. The molecule has 2 aliphatic rings. The second kappa shape index (κ2) is 5.03. The third-order valence-corrected chi connectivity index (χ3v) is 5.11. The Morgan fingerprint density at radius 2 is 2.24 bits per heavy atom. The van der Waals surface area contributed by atoms with E-state index in [1.54, 1.807) is 23.7 Å². The molecule has 2 aliphatic heterocycles. The summed E-state index contributed by atoms with van der Waals surface area (Å²) in [7, 11) is 1.79. The zero-order valence-corrected chi connectivity index (χ0v) is 13.2. The first-order chi connectivity index (χ1) is 9.91. The Morgan fingerprint density at radius 1 is 1.48 bits per heavy atom. The number of anilines is 2. The van der Waals surface area contributed by atoms with E-state index in [4.69, 9.17) is 0 Å². The normalized spacial score (nSPS) is 23.3. The summed E-state index contributed by atoms with van der Waals surface area (Å²) in [6.45, 7) is 3.83. The summed E-state index contributed by atoms with van der Waals surface area (Å²) >= 11 is 1.72. The van der Waals surface area contributed by atoms with Gasteiger partial charge in [-0.15, -0.1) is 11.8 Å². The fraction of sp³-hybridized carbons (Fsp3) is 0.467. The predicted octanol–water partition coefficient (Wildman–Crippen LogP) is 1.54. The van der Waals surface area contributed by atoms with Gasteiger partial charge < -0.3 is 10.2 Å². The lowest BCUT2D eigenvalue weighted by Crippen LogP contribution is -2.37. The van der Waals surface area contributed by atoms with Gasteiger partial charge in [0.2, 0.25) is 11.8 Å². The number of thioether (sulfide) groups is 1. The Hall–Kier alpha value is -1.53. The summed E-state index contributed by atoms with van der Waals surface area (Å²) in [5.74, 6) is 1.67. The zero-order chi connectivity index (χ0) is 15.2. The number of carbonyl (C=O) groups excluding carboxylic acids is 2. The quantitative estimate of drug-likeness (QED) is 0.870.